The van der Waals surface area contributed by atoms with Gasteiger partial charge in [-0.2, -0.15) is 0 Å². The van der Waals surface area contributed by atoms with Crippen LogP contribution in [0, 0.1) is 0 Å². The standard InChI is InChI=1S/C12H17BrN2O.ClH/c1-14-6-3-7-15-12(16)9-10-4-2-5-11(13)8-10;/h2,4-5,8,14H,3,6-7,9H2,1H3,(H,15,16);1H. The molecule has 96 valence electrons. The number of hydrogen-bond acceptors (Lipinski definition) is 2. The molecule has 5 heteroatoms. The largest absolute Gasteiger partial charge is 0.356 e. The minimum Gasteiger partial charge on any atom is -0.356 e. The quantitative estimate of drug-likeness (QED) is 0.788. The van der Waals surface area contributed by atoms with Crippen molar-refractivity contribution in [3.63, 3.8) is 0 Å². The van der Waals surface area contributed by atoms with Crippen LogP contribution < -0.4 is 10.6 Å². The van der Waals surface area contributed by atoms with Crippen molar-refractivity contribution in [2.75, 3.05) is 20.1 Å². The number of amides is 1. The highest BCUT2D eigenvalue weighted by molar-refractivity contribution is 9.10. The molecule has 0 aliphatic heterocycles. The summed E-state index contributed by atoms with van der Waals surface area (Å²) in [5.41, 5.74) is 1.03. The van der Waals surface area contributed by atoms with E-state index in [1.54, 1.807) is 0 Å². The molecule has 0 saturated carbocycles. The van der Waals surface area contributed by atoms with Gasteiger partial charge in [-0.15, -0.1) is 12.4 Å². The van der Waals surface area contributed by atoms with Crippen LogP contribution in [0.2, 0.25) is 0 Å². The topological polar surface area (TPSA) is 41.1 Å². The van der Waals surface area contributed by atoms with Gasteiger partial charge in [0.05, 0.1) is 6.42 Å². The number of nitrogens with one attached hydrogen (secondary N) is 2. The average Bonchev–Trinajstić information content (AvgIpc) is 2.24. The van der Waals surface area contributed by atoms with Gasteiger partial charge in [-0.1, -0.05) is 28.1 Å². The summed E-state index contributed by atoms with van der Waals surface area (Å²) in [6.45, 7) is 1.66. The van der Waals surface area contributed by atoms with Crippen LogP contribution in [-0.4, -0.2) is 26.0 Å². The minimum absolute atomic E-state index is 0. The van der Waals surface area contributed by atoms with E-state index in [2.05, 4.69) is 26.6 Å². The molecular weight excluding hydrogens is 304 g/mol. The van der Waals surface area contributed by atoms with Crippen LogP contribution in [0.25, 0.3) is 0 Å². The van der Waals surface area contributed by atoms with Crippen LogP contribution in [-0.2, 0) is 11.2 Å². The molecule has 0 aromatic heterocycles. The molecule has 17 heavy (non-hydrogen) atoms. The van der Waals surface area contributed by atoms with E-state index in [0.717, 1.165) is 29.5 Å². The first-order valence-electron chi connectivity index (χ1n) is 5.38. The maximum atomic E-state index is 11.5. The van der Waals surface area contributed by atoms with Crippen LogP contribution >= 0.6 is 28.3 Å². The number of benzene rings is 1. The lowest BCUT2D eigenvalue weighted by atomic mass is 10.1. The maximum absolute atomic E-state index is 11.5. The van der Waals surface area contributed by atoms with Crippen molar-refractivity contribution in [1.82, 2.24) is 10.6 Å². The van der Waals surface area contributed by atoms with Crippen LogP contribution in [0.4, 0.5) is 0 Å². The molecule has 0 saturated heterocycles. The average molecular weight is 322 g/mol. The smallest absolute Gasteiger partial charge is 0.224 e. The fraction of sp³-hybridized carbons (Fsp3) is 0.417. The molecule has 0 fully saturated rings. The molecule has 0 spiro atoms. The second-order valence-corrected chi connectivity index (χ2v) is 4.53. The molecule has 1 aromatic rings. The van der Waals surface area contributed by atoms with Gasteiger partial charge in [0.25, 0.3) is 0 Å². The predicted octanol–water partition coefficient (Wildman–Crippen LogP) is 2.14. The number of carbonyl (C=O) groups is 1. The highest BCUT2D eigenvalue weighted by Gasteiger charge is 2.02. The zero-order valence-electron chi connectivity index (χ0n) is 9.83. The van der Waals surface area contributed by atoms with Crippen molar-refractivity contribution in [2.45, 2.75) is 12.8 Å². The first-order chi connectivity index (χ1) is 7.72. The number of carbonyl (C=O) groups excluding carboxylic acids is 1. The van der Waals surface area contributed by atoms with Crippen LogP contribution in [0.1, 0.15) is 12.0 Å². The summed E-state index contributed by atoms with van der Waals surface area (Å²) < 4.78 is 1.01. The molecule has 0 unspecified atom stereocenters. The predicted molar refractivity (Wildman–Crippen MR) is 76.6 cm³/mol. The summed E-state index contributed by atoms with van der Waals surface area (Å²) in [7, 11) is 1.91. The summed E-state index contributed by atoms with van der Waals surface area (Å²) in [5.74, 6) is 0.0780. The Balaban J connectivity index is 0.00000256. The Bertz CT molecular complexity index is 347. The Morgan fingerprint density at radius 2 is 2.12 bits per heavy atom. The fourth-order valence-corrected chi connectivity index (χ4v) is 1.83. The molecule has 0 aliphatic carbocycles. The van der Waals surface area contributed by atoms with E-state index in [4.69, 9.17) is 0 Å². The van der Waals surface area contributed by atoms with Gasteiger partial charge >= 0.3 is 0 Å². The van der Waals surface area contributed by atoms with Gasteiger partial charge in [-0.3, -0.25) is 4.79 Å². The van der Waals surface area contributed by atoms with Gasteiger partial charge in [0.1, 0.15) is 0 Å². The zero-order chi connectivity index (χ0) is 11.8. The Kier molecular flexibility index (Phi) is 9.13. The molecule has 0 heterocycles. The molecule has 0 bridgehead atoms. The molecule has 2 N–H and O–H groups in total. The van der Waals surface area contributed by atoms with E-state index in [9.17, 15) is 4.79 Å². The van der Waals surface area contributed by atoms with Gasteiger partial charge in [0.15, 0.2) is 0 Å². The van der Waals surface area contributed by atoms with E-state index in [1.807, 2.05) is 31.3 Å². The summed E-state index contributed by atoms with van der Waals surface area (Å²) in [6.07, 6.45) is 1.40. The normalized spacial score (nSPS) is 9.53. The third-order valence-corrected chi connectivity index (χ3v) is 2.67. The highest BCUT2D eigenvalue weighted by atomic mass is 79.9. The second kappa shape index (κ2) is 9.45. The lowest BCUT2D eigenvalue weighted by molar-refractivity contribution is -0.120. The van der Waals surface area contributed by atoms with E-state index < -0.39 is 0 Å². The molecule has 1 aromatic carbocycles. The first kappa shape index (κ1) is 16.4. The molecule has 0 radical (unpaired) electrons. The van der Waals surface area contributed by atoms with Crippen molar-refractivity contribution in [3.8, 4) is 0 Å². The van der Waals surface area contributed by atoms with E-state index >= 15 is 0 Å². The molecule has 0 aliphatic rings. The van der Waals surface area contributed by atoms with Crippen LogP contribution in [0.5, 0.6) is 0 Å². The third kappa shape index (κ3) is 7.36. The third-order valence-electron chi connectivity index (χ3n) is 2.18. The number of hydrogen-bond donors (Lipinski definition) is 2. The summed E-state index contributed by atoms with van der Waals surface area (Å²) in [5, 5.41) is 5.93. The maximum Gasteiger partial charge on any atom is 0.224 e. The summed E-state index contributed by atoms with van der Waals surface area (Å²) in [4.78, 5) is 11.5. The monoisotopic (exact) mass is 320 g/mol. The SMILES string of the molecule is CNCCCNC(=O)Cc1cccc(Br)c1.Cl. The molecule has 1 amide bonds. The van der Waals surface area contributed by atoms with E-state index in [0.29, 0.717) is 6.42 Å². The second-order valence-electron chi connectivity index (χ2n) is 3.61. The highest BCUT2D eigenvalue weighted by Crippen LogP contribution is 2.11. The van der Waals surface area contributed by atoms with Crippen LogP contribution in [0.3, 0.4) is 0 Å². The number of halogens is 2. The molecule has 1 rings (SSSR count). The van der Waals surface area contributed by atoms with Crippen molar-refractivity contribution in [1.29, 1.82) is 0 Å². The van der Waals surface area contributed by atoms with Crippen molar-refractivity contribution in [3.05, 3.63) is 34.3 Å². The van der Waals surface area contributed by atoms with Crippen molar-refractivity contribution < 1.29 is 4.79 Å². The minimum atomic E-state index is 0. The van der Waals surface area contributed by atoms with Gasteiger partial charge in [-0.25, -0.2) is 0 Å². The van der Waals surface area contributed by atoms with E-state index in [-0.39, 0.29) is 18.3 Å². The molecular formula is C12H18BrClN2O. The molecule has 0 atom stereocenters. The van der Waals surface area contributed by atoms with Gasteiger partial charge in [0, 0.05) is 11.0 Å². The Hall–Kier alpha value is -0.580. The first-order valence-corrected chi connectivity index (χ1v) is 6.17. The van der Waals surface area contributed by atoms with Crippen LogP contribution in [0.15, 0.2) is 28.7 Å². The fourth-order valence-electron chi connectivity index (χ4n) is 1.39. The lowest BCUT2D eigenvalue weighted by Crippen LogP contribution is -2.27. The Morgan fingerprint density at radius 1 is 1.35 bits per heavy atom. The molecule has 3 nitrogen and oxygen atoms in total. The zero-order valence-corrected chi connectivity index (χ0v) is 12.2. The van der Waals surface area contributed by atoms with Gasteiger partial charge < -0.3 is 10.6 Å². The Morgan fingerprint density at radius 3 is 2.76 bits per heavy atom. The van der Waals surface area contributed by atoms with Gasteiger partial charge in [0.2, 0.25) is 5.91 Å². The van der Waals surface area contributed by atoms with E-state index in [1.165, 1.54) is 0 Å². The van der Waals surface area contributed by atoms with Crippen molar-refractivity contribution >= 4 is 34.2 Å². The summed E-state index contributed by atoms with van der Waals surface area (Å²) >= 11 is 3.39. The van der Waals surface area contributed by atoms with Crippen molar-refractivity contribution in [2.24, 2.45) is 0 Å². The lowest BCUT2D eigenvalue weighted by Gasteiger charge is -2.05. The number of rotatable bonds is 6. The Labute approximate surface area is 117 Å². The summed E-state index contributed by atoms with van der Waals surface area (Å²) in [6, 6.07) is 7.81. The van der Waals surface area contributed by atoms with Gasteiger partial charge in [-0.05, 0) is 37.7 Å².